The smallest absolute Gasteiger partial charge is 0.123 e. The van der Waals surface area contributed by atoms with Crippen LogP contribution in [0.1, 0.15) is 12.5 Å². The Labute approximate surface area is 82.4 Å². The van der Waals surface area contributed by atoms with E-state index in [1.54, 1.807) is 24.3 Å². The molecular formula is C12H12O2. The van der Waals surface area contributed by atoms with Crippen LogP contribution < -0.4 is 0 Å². The zero-order valence-corrected chi connectivity index (χ0v) is 7.99. The first-order chi connectivity index (χ1) is 6.72. The van der Waals surface area contributed by atoms with Crippen molar-refractivity contribution in [2.45, 2.75) is 13.3 Å². The van der Waals surface area contributed by atoms with Gasteiger partial charge in [0.25, 0.3) is 0 Å². The summed E-state index contributed by atoms with van der Waals surface area (Å²) in [6.07, 6.45) is 0.794. The second kappa shape index (κ2) is 3.22. The normalized spacial score (nSPS) is 10.6. The standard InChI is InChI=1S/C12H12O2/c1-2-8-6-10(13)7-9-4-3-5-11(14)12(8)9/h3-7,13-14H,2H2,1H3. The second-order valence-electron chi connectivity index (χ2n) is 3.33. The van der Waals surface area contributed by atoms with E-state index in [9.17, 15) is 10.2 Å². The predicted molar refractivity (Wildman–Crippen MR) is 56.7 cm³/mol. The minimum absolute atomic E-state index is 0.250. The fourth-order valence-electron chi connectivity index (χ4n) is 1.76. The molecular weight excluding hydrogens is 176 g/mol. The molecule has 2 nitrogen and oxygen atoms in total. The van der Waals surface area contributed by atoms with Gasteiger partial charge in [0.15, 0.2) is 0 Å². The molecule has 0 heterocycles. The Bertz CT molecular complexity index is 475. The number of fused-ring (bicyclic) bond motifs is 1. The first-order valence-electron chi connectivity index (χ1n) is 4.66. The molecule has 0 bridgehead atoms. The van der Waals surface area contributed by atoms with Gasteiger partial charge in [0.2, 0.25) is 0 Å². The van der Waals surface area contributed by atoms with Crippen molar-refractivity contribution >= 4 is 10.8 Å². The highest BCUT2D eigenvalue weighted by Gasteiger charge is 2.05. The van der Waals surface area contributed by atoms with Crippen molar-refractivity contribution in [3.8, 4) is 11.5 Å². The average Bonchev–Trinajstić information content (AvgIpc) is 2.16. The average molecular weight is 188 g/mol. The van der Waals surface area contributed by atoms with Gasteiger partial charge >= 0.3 is 0 Å². The number of phenols is 2. The lowest BCUT2D eigenvalue weighted by molar-refractivity contribution is 0.474. The molecule has 0 aliphatic heterocycles. The van der Waals surface area contributed by atoms with Crippen molar-refractivity contribution in [3.05, 3.63) is 35.9 Å². The van der Waals surface area contributed by atoms with E-state index in [-0.39, 0.29) is 11.5 Å². The molecule has 0 fully saturated rings. The summed E-state index contributed by atoms with van der Waals surface area (Å²) in [5.41, 5.74) is 0.970. The van der Waals surface area contributed by atoms with E-state index in [4.69, 9.17) is 0 Å². The van der Waals surface area contributed by atoms with E-state index >= 15 is 0 Å². The molecule has 0 aliphatic carbocycles. The van der Waals surface area contributed by atoms with Crippen molar-refractivity contribution in [2.75, 3.05) is 0 Å². The number of aromatic hydroxyl groups is 2. The van der Waals surface area contributed by atoms with Crippen molar-refractivity contribution in [2.24, 2.45) is 0 Å². The maximum Gasteiger partial charge on any atom is 0.123 e. The number of phenolic OH excluding ortho intramolecular Hbond substituents is 2. The van der Waals surface area contributed by atoms with Crippen LogP contribution in [-0.4, -0.2) is 10.2 Å². The van der Waals surface area contributed by atoms with E-state index in [1.807, 2.05) is 13.0 Å². The van der Waals surface area contributed by atoms with E-state index in [0.717, 1.165) is 22.8 Å². The van der Waals surface area contributed by atoms with Crippen molar-refractivity contribution in [3.63, 3.8) is 0 Å². The Balaban J connectivity index is 2.88. The zero-order chi connectivity index (χ0) is 10.1. The highest BCUT2D eigenvalue weighted by atomic mass is 16.3. The van der Waals surface area contributed by atoms with Crippen LogP contribution in [0.4, 0.5) is 0 Å². The minimum Gasteiger partial charge on any atom is -0.508 e. The Hall–Kier alpha value is -1.70. The van der Waals surface area contributed by atoms with E-state index in [0.29, 0.717) is 0 Å². The van der Waals surface area contributed by atoms with Crippen LogP contribution >= 0.6 is 0 Å². The van der Waals surface area contributed by atoms with Crippen LogP contribution in [0.3, 0.4) is 0 Å². The third-order valence-corrected chi connectivity index (χ3v) is 2.40. The Morgan fingerprint density at radius 1 is 1.14 bits per heavy atom. The van der Waals surface area contributed by atoms with E-state index < -0.39 is 0 Å². The SMILES string of the molecule is CCc1cc(O)cc2cccc(O)c12. The number of benzene rings is 2. The molecule has 0 amide bonds. The van der Waals surface area contributed by atoms with Gasteiger partial charge in [-0.15, -0.1) is 0 Å². The molecule has 2 aromatic carbocycles. The lowest BCUT2D eigenvalue weighted by Gasteiger charge is -2.07. The lowest BCUT2D eigenvalue weighted by Crippen LogP contribution is -1.84. The number of hydrogen-bond acceptors (Lipinski definition) is 2. The summed E-state index contributed by atoms with van der Waals surface area (Å²) < 4.78 is 0. The minimum atomic E-state index is 0.250. The maximum atomic E-state index is 9.69. The van der Waals surface area contributed by atoms with Gasteiger partial charge in [0.05, 0.1) is 0 Å². The molecule has 2 aromatic rings. The summed E-state index contributed by atoms with van der Waals surface area (Å²) in [5, 5.41) is 20.9. The fourth-order valence-corrected chi connectivity index (χ4v) is 1.76. The van der Waals surface area contributed by atoms with Gasteiger partial charge in [-0.25, -0.2) is 0 Å². The molecule has 0 unspecified atom stereocenters. The highest BCUT2D eigenvalue weighted by molar-refractivity contribution is 5.92. The van der Waals surface area contributed by atoms with Crippen molar-refractivity contribution < 1.29 is 10.2 Å². The summed E-state index contributed by atoms with van der Waals surface area (Å²) in [7, 11) is 0. The van der Waals surface area contributed by atoms with Crippen LogP contribution in [-0.2, 0) is 6.42 Å². The Morgan fingerprint density at radius 3 is 2.64 bits per heavy atom. The topological polar surface area (TPSA) is 40.5 Å². The third-order valence-electron chi connectivity index (χ3n) is 2.40. The quantitative estimate of drug-likeness (QED) is 0.722. The van der Waals surface area contributed by atoms with Gasteiger partial charge in [0, 0.05) is 5.39 Å². The van der Waals surface area contributed by atoms with Crippen LogP contribution in [0.25, 0.3) is 10.8 Å². The molecule has 0 radical (unpaired) electrons. The van der Waals surface area contributed by atoms with Gasteiger partial charge in [-0.3, -0.25) is 0 Å². The van der Waals surface area contributed by atoms with Gasteiger partial charge in [-0.1, -0.05) is 19.1 Å². The second-order valence-corrected chi connectivity index (χ2v) is 3.33. The van der Waals surface area contributed by atoms with Crippen molar-refractivity contribution in [1.82, 2.24) is 0 Å². The Morgan fingerprint density at radius 2 is 1.93 bits per heavy atom. The third kappa shape index (κ3) is 1.29. The van der Waals surface area contributed by atoms with Gasteiger partial charge in [0.1, 0.15) is 11.5 Å². The van der Waals surface area contributed by atoms with Crippen LogP contribution in [0.15, 0.2) is 30.3 Å². The molecule has 2 heteroatoms. The van der Waals surface area contributed by atoms with Crippen molar-refractivity contribution in [1.29, 1.82) is 0 Å². The molecule has 0 aromatic heterocycles. The molecule has 0 saturated heterocycles. The predicted octanol–water partition coefficient (Wildman–Crippen LogP) is 2.81. The largest absolute Gasteiger partial charge is 0.508 e. The monoisotopic (exact) mass is 188 g/mol. The molecule has 0 spiro atoms. The van der Waals surface area contributed by atoms with E-state index in [1.165, 1.54) is 0 Å². The van der Waals surface area contributed by atoms with E-state index in [2.05, 4.69) is 0 Å². The molecule has 0 aliphatic rings. The summed E-state index contributed by atoms with van der Waals surface area (Å²) in [4.78, 5) is 0. The van der Waals surface area contributed by atoms with Gasteiger partial charge in [-0.05, 0) is 35.6 Å². The highest BCUT2D eigenvalue weighted by Crippen LogP contribution is 2.31. The molecule has 72 valence electrons. The van der Waals surface area contributed by atoms with Crippen LogP contribution in [0, 0.1) is 0 Å². The number of rotatable bonds is 1. The van der Waals surface area contributed by atoms with Gasteiger partial charge in [-0.2, -0.15) is 0 Å². The fraction of sp³-hybridized carbons (Fsp3) is 0.167. The summed E-state index contributed by atoms with van der Waals surface area (Å²) in [6.45, 7) is 2.00. The molecule has 14 heavy (non-hydrogen) atoms. The zero-order valence-electron chi connectivity index (χ0n) is 7.99. The number of hydrogen-bond donors (Lipinski definition) is 2. The molecule has 2 N–H and O–H groups in total. The first-order valence-corrected chi connectivity index (χ1v) is 4.66. The van der Waals surface area contributed by atoms with Crippen LogP contribution in [0.2, 0.25) is 0 Å². The van der Waals surface area contributed by atoms with Gasteiger partial charge < -0.3 is 10.2 Å². The first kappa shape index (κ1) is 8.88. The molecule has 0 saturated carbocycles. The summed E-state index contributed by atoms with van der Waals surface area (Å²) in [5.74, 6) is 0.527. The number of aryl methyl sites for hydroxylation is 1. The summed E-state index contributed by atoms with van der Waals surface area (Å²) >= 11 is 0. The maximum absolute atomic E-state index is 9.69. The lowest BCUT2D eigenvalue weighted by atomic mass is 10.0. The van der Waals surface area contributed by atoms with Crippen LogP contribution in [0.5, 0.6) is 11.5 Å². The summed E-state index contributed by atoms with van der Waals surface area (Å²) in [6, 6.07) is 8.68. The molecule has 2 rings (SSSR count). The molecule has 0 atom stereocenters. The Kier molecular flexibility index (Phi) is 2.04.